The summed E-state index contributed by atoms with van der Waals surface area (Å²) in [7, 11) is -1.21. The van der Waals surface area contributed by atoms with Crippen LogP contribution in [0.1, 0.15) is 37.8 Å². The molecule has 0 aromatic carbocycles. The second-order valence-electron chi connectivity index (χ2n) is 9.42. The lowest BCUT2D eigenvalue weighted by Gasteiger charge is -2.32. The standard InChI is InChI=1S/C19H29F2N5OSi/c1-28(2,3)11-10-27-13-26-18-16(15(24-26)17(20)21)22-12-14(23-18)25-8-6-19(4-5-19)7-9-25/h12,17H,4-11,13H2,1-3H3. The molecule has 0 atom stereocenters. The highest BCUT2D eigenvalue weighted by Gasteiger charge is 2.44. The Morgan fingerprint density at radius 3 is 2.50 bits per heavy atom. The second kappa shape index (κ2) is 7.33. The predicted molar refractivity (Wildman–Crippen MR) is 107 cm³/mol. The first-order valence-corrected chi connectivity index (χ1v) is 13.8. The molecule has 1 aliphatic heterocycles. The van der Waals surface area contributed by atoms with E-state index in [0.29, 0.717) is 17.7 Å². The van der Waals surface area contributed by atoms with E-state index in [-0.39, 0.29) is 17.9 Å². The maximum absolute atomic E-state index is 13.4. The van der Waals surface area contributed by atoms with Crippen molar-refractivity contribution < 1.29 is 13.5 Å². The van der Waals surface area contributed by atoms with Gasteiger partial charge < -0.3 is 9.64 Å². The van der Waals surface area contributed by atoms with Crippen molar-refractivity contribution in [2.24, 2.45) is 5.41 Å². The maximum atomic E-state index is 13.4. The molecule has 0 amide bonds. The van der Waals surface area contributed by atoms with Gasteiger partial charge in [0, 0.05) is 27.8 Å². The topological polar surface area (TPSA) is 56.1 Å². The summed E-state index contributed by atoms with van der Waals surface area (Å²) in [6.07, 6.45) is 3.95. The van der Waals surface area contributed by atoms with Crippen molar-refractivity contribution in [3.8, 4) is 0 Å². The van der Waals surface area contributed by atoms with Gasteiger partial charge in [0.15, 0.2) is 11.3 Å². The summed E-state index contributed by atoms with van der Waals surface area (Å²) in [5.41, 5.74) is 0.803. The molecule has 0 unspecified atom stereocenters. The quantitative estimate of drug-likeness (QED) is 0.499. The fourth-order valence-electron chi connectivity index (χ4n) is 3.76. The van der Waals surface area contributed by atoms with Crippen molar-refractivity contribution in [3.05, 3.63) is 11.9 Å². The van der Waals surface area contributed by atoms with Gasteiger partial charge in [0.25, 0.3) is 6.43 Å². The van der Waals surface area contributed by atoms with Crippen LogP contribution in [0.4, 0.5) is 14.6 Å². The molecule has 2 aliphatic rings. The highest BCUT2D eigenvalue weighted by atomic mass is 28.3. The van der Waals surface area contributed by atoms with Crippen LogP contribution in [0.3, 0.4) is 0 Å². The van der Waals surface area contributed by atoms with Crippen LogP contribution in [-0.2, 0) is 11.5 Å². The van der Waals surface area contributed by atoms with Crippen molar-refractivity contribution in [2.45, 2.75) is 64.5 Å². The van der Waals surface area contributed by atoms with Crippen molar-refractivity contribution in [3.63, 3.8) is 0 Å². The van der Waals surface area contributed by atoms with Crippen LogP contribution in [0.2, 0.25) is 25.7 Å². The number of rotatable bonds is 7. The van der Waals surface area contributed by atoms with Gasteiger partial charge in [-0.05, 0) is 37.1 Å². The van der Waals surface area contributed by atoms with E-state index in [1.807, 2.05) is 0 Å². The average Bonchev–Trinajstić information content (AvgIpc) is 3.29. The molecule has 3 heterocycles. The number of fused-ring (bicyclic) bond motifs is 1. The first-order chi connectivity index (χ1) is 13.3. The summed E-state index contributed by atoms with van der Waals surface area (Å²) in [6, 6.07) is 1.01. The van der Waals surface area contributed by atoms with Gasteiger partial charge in [-0.15, -0.1) is 0 Å². The number of hydrogen-bond acceptors (Lipinski definition) is 5. The van der Waals surface area contributed by atoms with Crippen LogP contribution < -0.4 is 4.90 Å². The van der Waals surface area contributed by atoms with E-state index < -0.39 is 14.5 Å². The Bertz CT molecular complexity index is 837. The number of anilines is 1. The van der Waals surface area contributed by atoms with Crippen molar-refractivity contribution in [1.82, 2.24) is 19.7 Å². The van der Waals surface area contributed by atoms with E-state index in [4.69, 9.17) is 4.74 Å². The molecule has 154 valence electrons. The Labute approximate surface area is 165 Å². The number of halogens is 2. The van der Waals surface area contributed by atoms with Gasteiger partial charge in [-0.2, -0.15) is 5.10 Å². The van der Waals surface area contributed by atoms with Gasteiger partial charge in [-0.3, -0.25) is 0 Å². The summed E-state index contributed by atoms with van der Waals surface area (Å²) in [6.45, 7) is 9.44. The molecular formula is C19H29F2N5OSi. The third-order valence-corrected chi connectivity index (χ3v) is 7.68. The molecule has 1 saturated heterocycles. The number of nitrogens with zero attached hydrogens (tertiary/aromatic N) is 5. The average molecular weight is 410 g/mol. The highest BCUT2D eigenvalue weighted by Crippen LogP contribution is 2.53. The number of alkyl halides is 2. The molecule has 9 heteroatoms. The Hall–Kier alpha value is -1.61. The Kier molecular flexibility index (Phi) is 5.15. The highest BCUT2D eigenvalue weighted by molar-refractivity contribution is 6.76. The smallest absolute Gasteiger partial charge is 0.284 e. The van der Waals surface area contributed by atoms with E-state index in [0.717, 1.165) is 25.0 Å². The van der Waals surface area contributed by atoms with Crippen LogP contribution in [0, 0.1) is 5.41 Å². The van der Waals surface area contributed by atoms with Gasteiger partial charge in [0.1, 0.15) is 18.1 Å². The first kappa shape index (κ1) is 19.7. The normalized spacial score (nSPS) is 19.1. The van der Waals surface area contributed by atoms with Gasteiger partial charge in [-0.1, -0.05) is 19.6 Å². The molecule has 4 rings (SSSR count). The summed E-state index contributed by atoms with van der Waals surface area (Å²) < 4.78 is 34.0. The van der Waals surface area contributed by atoms with Crippen LogP contribution in [0.5, 0.6) is 0 Å². The molecule has 0 radical (unpaired) electrons. The summed E-state index contributed by atoms with van der Waals surface area (Å²) in [4.78, 5) is 11.2. The van der Waals surface area contributed by atoms with Crippen LogP contribution in [-0.4, -0.2) is 47.5 Å². The second-order valence-corrected chi connectivity index (χ2v) is 15.0. The van der Waals surface area contributed by atoms with Gasteiger partial charge in [0.2, 0.25) is 0 Å². The zero-order valence-corrected chi connectivity index (χ0v) is 17.9. The van der Waals surface area contributed by atoms with Crippen LogP contribution >= 0.6 is 0 Å². The van der Waals surface area contributed by atoms with Crippen molar-refractivity contribution >= 4 is 25.1 Å². The first-order valence-electron chi connectivity index (χ1n) is 10.1. The molecule has 0 N–H and O–H groups in total. The minimum atomic E-state index is -2.68. The lowest BCUT2D eigenvalue weighted by Crippen LogP contribution is -2.35. The number of ether oxygens (including phenoxy) is 1. The predicted octanol–water partition coefficient (Wildman–Crippen LogP) is 4.46. The Morgan fingerprint density at radius 1 is 1.18 bits per heavy atom. The summed E-state index contributed by atoms with van der Waals surface area (Å²) in [5.74, 6) is 0.743. The SMILES string of the molecule is C[Si](C)(C)CCOCn1nc(C(F)F)c2ncc(N3CCC4(CC3)CC4)nc21. The Balaban J connectivity index is 1.53. The lowest BCUT2D eigenvalue weighted by atomic mass is 9.94. The maximum Gasteiger partial charge on any atom is 0.284 e. The lowest BCUT2D eigenvalue weighted by molar-refractivity contribution is 0.0785. The van der Waals surface area contributed by atoms with E-state index in [9.17, 15) is 8.78 Å². The largest absolute Gasteiger partial charge is 0.359 e. The fraction of sp³-hybridized carbons (Fsp3) is 0.737. The van der Waals surface area contributed by atoms with E-state index in [1.54, 1.807) is 6.20 Å². The third-order valence-electron chi connectivity index (χ3n) is 5.98. The summed E-state index contributed by atoms with van der Waals surface area (Å²) in [5, 5.41) is 4.05. The van der Waals surface area contributed by atoms with E-state index >= 15 is 0 Å². The molecule has 2 fully saturated rings. The van der Waals surface area contributed by atoms with E-state index in [2.05, 4.69) is 39.6 Å². The van der Waals surface area contributed by atoms with Crippen LogP contribution in [0.15, 0.2) is 6.20 Å². The number of aromatic nitrogens is 4. The molecule has 1 saturated carbocycles. The minimum absolute atomic E-state index is 0.120. The van der Waals surface area contributed by atoms with Crippen molar-refractivity contribution in [2.75, 3.05) is 24.6 Å². The zero-order chi connectivity index (χ0) is 19.9. The number of hydrogen-bond donors (Lipinski definition) is 0. The fourth-order valence-corrected chi connectivity index (χ4v) is 4.52. The molecule has 2 aromatic heterocycles. The Morgan fingerprint density at radius 2 is 1.89 bits per heavy atom. The van der Waals surface area contributed by atoms with Gasteiger partial charge in [0.05, 0.1) is 6.20 Å². The molecule has 2 aromatic rings. The van der Waals surface area contributed by atoms with Crippen LogP contribution in [0.25, 0.3) is 11.2 Å². The van der Waals surface area contributed by atoms with Gasteiger partial charge >= 0.3 is 0 Å². The molecule has 1 aliphatic carbocycles. The summed E-state index contributed by atoms with van der Waals surface area (Å²) >= 11 is 0. The molecule has 0 bridgehead atoms. The molecule has 6 nitrogen and oxygen atoms in total. The van der Waals surface area contributed by atoms with Gasteiger partial charge in [-0.25, -0.2) is 23.4 Å². The van der Waals surface area contributed by atoms with Crippen molar-refractivity contribution in [1.29, 1.82) is 0 Å². The van der Waals surface area contributed by atoms with E-state index in [1.165, 1.54) is 30.4 Å². The zero-order valence-electron chi connectivity index (χ0n) is 16.9. The third kappa shape index (κ3) is 4.20. The molecular weight excluding hydrogens is 380 g/mol. The molecule has 1 spiro atoms. The minimum Gasteiger partial charge on any atom is -0.359 e. The number of piperidine rings is 1. The monoisotopic (exact) mass is 409 g/mol. The molecule has 28 heavy (non-hydrogen) atoms.